The van der Waals surface area contributed by atoms with Crippen LogP contribution in [-0.2, 0) is 0 Å². The fourth-order valence-electron chi connectivity index (χ4n) is 10.6. The number of nitrogens with zero attached hydrogens (tertiary/aromatic N) is 1. The molecule has 0 bridgehead atoms. The van der Waals surface area contributed by atoms with E-state index in [2.05, 4.69) is 205 Å². The summed E-state index contributed by atoms with van der Waals surface area (Å²) in [5.74, 6) is 0. The molecule has 14 aromatic rings. The van der Waals surface area contributed by atoms with Crippen molar-refractivity contribution in [2.24, 2.45) is 0 Å². The summed E-state index contributed by atoms with van der Waals surface area (Å²) in [6, 6.07) is 84.0. The number of anilines is 3. The van der Waals surface area contributed by atoms with E-state index in [1.165, 1.54) is 16.3 Å². The molecule has 0 aliphatic rings. The molecule has 0 aliphatic heterocycles. The van der Waals surface area contributed by atoms with E-state index in [0.717, 1.165) is 122 Å². The Morgan fingerprint density at radius 2 is 0.588 bits per heavy atom. The van der Waals surface area contributed by atoms with Gasteiger partial charge in [0.25, 0.3) is 0 Å². The Morgan fingerprint density at radius 1 is 0.221 bits per heavy atom. The normalized spacial score (nSPS) is 11.8. The average Bonchev–Trinajstić information content (AvgIpc) is 4.11. The number of para-hydroxylation sites is 4. The van der Waals surface area contributed by atoms with Crippen LogP contribution in [0.3, 0.4) is 0 Å². The average molecular weight is 870 g/mol. The van der Waals surface area contributed by atoms with Gasteiger partial charge in [0.2, 0.25) is 0 Å². The molecule has 0 radical (unpaired) electrons. The van der Waals surface area contributed by atoms with Crippen molar-refractivity contribution in [1.29, 1.82) is 0 Å². The number of hydrogen-bond acceptors (Lipinski definition) is 4. The molecule has 0 atom stereocenters. The highest BCUT2D eigenvalue weighted by molar-refractivity contribution is 6.15. The number of hydrogen-bond donors (Lipinski definition) is 0. The summed E-state index contributed by atoms with van der Waals surface area (Å²) in [6.45, 7) is 0. The molecule has 0 fully saturated rings. The fraction of sp³-hybridized carbons (Fsp3) is 0. The number of furan rings is 3. The Morgan fingerprint density at radius 3 is 1.12 bits per heavy atom. The summed E-state index contributed by atoms with van der Waals surface area (Å²) in [6.07, 6.45) is 0. The van der Waals surface area contributed by atoms with Crippen LogP contribution in [-0.4, -0.2) is 0 Å². The Hall–Kier alpha value is -9.12. The predicted octanol–water partition coefficient (Wildman–Crippen LogP) is 18.7. The summed E-state index contributed by atoms with van der Waals surface area (Å²) in [5.41, 5.74) is 17.6. The van der Waals surface area contributed by atoms with Gasteiger partial charge in [-0.05, 0) is 116 Å². The van der Waals surface area contributed by atoms with Gasteiger partial charge in [-0.3, -0.25) is 0 Å². The highest BCUT2D eigenvalue weighted by Crippen LogP contribution is 2.44. The summed E-state index contributed by atoms with van der Waals surface area (Å²) < 4.78 is 19.1. The van der Waals surface area contributed by atoms with Gasteiger partial charge in [0.05, 0.1) is 0 Å². The third kappa shape index (κ3) is 6.01. The van der Waals surface area contributed by atoms with Gasteiger partial charge in [-0.25, -0.2) is 0 Å². The van der Waals surface area contributed by atoms with Crippen LogP contribution < -0.4 is 4.90 Å². The van der Waals surface area contributed by atoms with E-state index >= 15 is 0 Å². The van der Waals surface area contributed by atoms with Crippen molar-refractivity contribution in [2.75, 3.05) is 4.90 Å². The molecule has 0 spiro atoms. The van der Waals surface area contributed by atoms with Crippen molar-refractivity contribution in [1.82, 2.24) is 0 Å². The number of rotatable bonds is 7. The lowest BCUT2D eigenvalue weighted by molar-refractivity contribution is 0.668. The highest BCUT2D eigenvalue weighted by atomic mass is 16.3. The molecule has 318 valence electrons. The summed E-state index contributed by atoms with van der Waals surface area (Å²) >= 11 is 0. The van der Waals surface area contributed by atoms with Crippen molar-refractivity contribution >= 4 is 93.7 Å². The van der Waals surface area contributed by atoms with Crippen LogP contribution in [0.1, 0.15) is 0 Å². The Kier molecular flexibility index (Phi) is 8.55. The number of fused-ring (bicyclic) bond motifs is 10. The zero-order chi connectivity index (χ0) is 44.7. The molecule has 0 N–H and O–H groups in total. The molecule has 3 heterocycles. The van der Waals surface area contributed by atoms with Gasteiger partial charge in [0, 0.05) is 54.9 Å². The zero-order valence-corrected chi connectivity index (χ0v) is 36.7. The second-order valence-corrected chi connectivity index (χ2v) is 17.5. The molecule has 14 rings (SSSR count). The second kappa shape index (κ2) is 15.2. The van der Waals surface area contributed by atoms with Crippen LogP contribution in [0.4, 0.5) is 17.1 Å². The fourth-order valence-corrected chi connectivity index (χ4v) is 10.6. The molecule has 0 unspecified atom stereocenters. The maximum Gasteiger partial charge on any atom is 0.143 e. The highest BCUT2D eigenvalue weighted by Gasteiger charge is 2.19. The van der Waals surface area contributed by atoms with Gasteiger partial charge >= 0.3 is 0 Å². The standard InChI is InChI=1S/C64H39NO3/c1-2-13-50-49(12-1)46(38-39-51(50)53-19-9-20-54-52-14-3-6-21-57(52)68-64(53)54)40-26-32-43(33-27-40)65(44-34-28-41(29-35-44)47-17-10-24-60-62(47)55-15-4-7-22-58(55)66-60)45-36-30-42(31-37-45)48-18-11-25-61-63(48)56-16-5-8-23-59(56)67-61/h1-39H. The van der Waals surface area contributed by atoms with Crippen LogP contribution in [0, 0.1) is 0 Å². The topological polar surface area (TPSA) is 42.7 Å². The number of benzene rings is 11. The van der Waals surface area contributed by atoms with Gasteiger partial charge in [0.1, 0.15) is 33.5 Å². The maximum atomic E-state index is 6.51. The largest absolute Gasteiger partial charge is 0.456 e. The van der Waals surface area contributed by atoms with Gasteiger partial charge in [0.15, 0.2) is 0 Å². The zero-order valence-electron chi connectivity index (χ0n) is 36.7. The SMILES string of the molecule is c1ccc2c(c1)oc1c(-c3ccc(-c4ccc(N(c5ccc(-c6cccc7oc8ccccc8c67)cc5)c5ccc(-c6cccc7oc8ccccc8c67)cc5)cc4)c4ccccc34)cccc12. The van der Waals surface area contributed by atoms with E-state index < -0.39 is 0 Å². The van der Waals surface area contributed by atoms with Gasteiger partial charge in [-0.15, -0.1) is 0 Å². The minimum Gasteiger partial charge on any atom is -0.456 e. The molecule has 68 heavy (non-hydrogen) atoms. The lowest BCUT2D eigenvalue weighted by atomic mass is 9.91. The first kappa shape index (κ1) is 38.2. The molecule has 4 nitrogen and oxygen atoms in total. The first-order chi connectivity index (χ1) is 33.7. The van der Waals surface area contributed by atoms with E-state index in [1.54, 1.807) is 0 Å². The molecular weight excluding hydrogens is 831 g/mol. The minimum atomic E-state index is 0.889. The minimum absolute atomic E-state index is 0.889. The van der Waals surface area contributed by atoms with Crippen molar-refractivity contribution in [3.8, 4) is 44.5 Å². The van der Waals surface area contributed by atoms with Crippen LogP contribution in [0.5, 0.6) is 0 Å². The van der Waals surface area contributed by atoms with Crippen LogP contribution in [0.25, 0.3) is 121 Å². The molecule has 0 amide bonds. The molecule has 0 saturated carbocycles. The van der Waals surface area contributed by atoms with Crippen molar-refractivity contribution in [2.45, 2.75) is 0 Å². The van der Waals surface area contributed by atoms with Gasteiger partial charge in [-0.2, -0.15) is 0 Å². The first-order valence-corrected chi connectivity index (χ1v) is 23.1. The molecule has 0 saturated heterocycles. The Labute approximate surface area is 391 Å². The quantitative estimate of drug-likeness (QED) is 0.160. The van der Waals surface area contributed by atoms with E-state index in [-0.39, 0.29) is 0 Å². The monoisotopic (exact) mass is 869 g/mol. The predicted molar refractivity (Wildman–Crippen MR) is 282 cm³/mol. The second-order valence-electron chi connectivity index (χ2n) is 17.5. The molecule has 0 aliphatic carbocycles. The van der Waals surface area contributed by atoms with E-state index in [4.69, 9.17) is 13.3 Å². The van der Waals surface area contributed by atoms with Crippen LogP contribution in [0.15, 0.2) is 250 Å². The molecule has 11 aromatic carbocycles. The van der Waals surface area contributed by atoms with Crippen LogP contribution in [0.2, 0.25) is 0 Å². The molecular formula is C64H39NO3. The Balaban J connectivity index is 0.870. The van der Waals surface area contributed by atoms with E-state index in [9.17, 15) is 0 Å². The summed E-state index contributed by atoms with van der Waals surface area (Å²) in [4.78, 5) is 2.34. The van der Waals surface area contributed by atoms with Crippen LogP contribution >= 0.6 is 0 Å². The van der Waals surface area contributed by atoms with Crippen molar-refractivity contribution < 1.29 is 13.3 Å². The third-order valence-electron chi connectivity index (χ3n) is 13.7. The Bertz CT molecular complexity index is 4090. The third-order valence-corrected chi connectivity index (χ3v) is 13.7. The summed E-state index contributed by atoms with van der Waals surface area (Å²) in [7, 11) is 0. The summed E-state index contributed by atoms with van der Waals surface area (Å²) in [5, 5.41) is 9.13. The van der Waals surface area contributed by atoms with Gasteiger partial charge in [-0.1, -0.05) is 170 Å². The van der Waals surface area contributed by atoms with Crippen molar-refractivity contribution in [3.05, 3.63) is 237 Å². The first-order valence-electron chi connectivity index (χ1n) is 23.1. The van der Waals surface area contributed by atoms with E-state index in [1.807, 2.05) is 36.4 Å². The lowest BCUT2D eigenvalue weighted by Gasteiger charge is -2.26. The lowest BCUT2D eigenvalue weighted by Crippen LogP contribution is -2.09. The van der Waals surface area contributed by atoms with Gasteiger partial charge < -0.3 is 18.2 Å². The molecule has 4 heteroatoms. The van der Waals surface area contributed by atoms with E-state index in [0.29, 0.717) is 0 Å². The molecule has 3 aromatic heterocycles. The van der Waals surface area contributed by atoms with Crippen molar-refractivity contribution in [3.63, 3.8) is 0 Å². The smallest absolute Gasteiger partial charge is 0.143 e. The maximum absolute atomic E-state index is 6.51.